The average molecular weight is 568 g/mol. The van der Waals surface area contributed by atoms with Crippen LogP contribution in [0.5, 0.6) is 0 Å². The first-order chi connectivity index (χ1) is 19.4. The number of carbonyl (C=O) groups is 3. The van der Waals surface area contributed by atoms with Gasteiger partial charge in [0.1, 0.15) is 24.8 Å². The van der Waals surface area contributed by atoms with Crippen molar-refractivity contribution in [3.8, 4) is 0 Å². The Morgan fingerprint density at radius 3 is 2.80 bits per heavy atom. The Morgan fingerprint density at radius 2 is 2.05 bits per heavy atom. The zero-order chi connectivity index (χ0) is 28.4. The third kappa shape index (κ3) is 4.62. The number of unbranched alkanes of at least 4 members (excludes halogenated alkanes) is 2. The molecule has 3 aliphatic heterocycles. The number of para-hydroxylation sites is 1. The summed E-state index contributed by atoms with van der Waals surface area (Å²) in [7, 11) is 0. The molecule has 0 aliphatic carbocycles. The molecule has 214 valence electrons. The van der Waals surface area contributed by atoms with E-state index < -0.39 is 28.6 Å². The summed E-state index contributed by atoms with van der Waals surface area (Å²) < 4.78 is 6.41. The zero-order valence-electron chi connectivity index (χ0n) is 22.9. The summed E-state index contributed by atoms with van der Waals surface area (Å²) in [6.45, 7) is 10.6. The smallest absolute Gasteiger partial charge is 0.311 e. The van der Waals surface area contributed by atoms with E-state index in [0.717, 1.165) is 23.9 Å². The van der Waals surface area contributed by atoms with Crippen molar-refractivity contribution in [3.63, 3.8) is 0 Å². The molecule has 3 unspecified atom stereocenters. The molecule has 0 radical (unpaired) electrons. The summed E-state index contributed by atoms with van der Waals surface area (Å²) in [4.78, 5) is 45.4. The second kappa shape index (κ2) is 11.7. The molecule has 1 aromatic heterocycles. The van der Waals surface area contributed by atoms with Crippen LogP contribution in [0, 0.1) is 17.8 Å². The van der Waals surface area contributed by atoms with Crippen LogP contribution >= 0.6 is 11.8 Å². The van der Waals surface area contributed by atoms with E-state index in [-0.39, 0.29) is 49.4 Å². The maximum atomic E-state index is 14.6. The molecule has 1 spiro atoms. The Labute approximate surface area is 238 Å². The lowest BCUT2D eigenvalue weighted by molar-refractivity contribution is -0.153. The van der Waals surface area contributed by atoms with Crippen molar-refractivity contribution in [1.29, 1.82) is 0 Å². The van der Waals surface area contributed by atoms with Gasteiger partial charge in [0.2, 0.25) is 11.8 Å². The summed E-state index contributed by atoms with van der Waals surface area (Å²) >= 11 is 1.62. The van der Waals surface area contributed by atoms with E-state index in [1.54, 1.807) is 32.3 Å². The molecule has 3 saturated heterocycles. The predicted octanol–water partition coefficient (Wildman–Crippen LogP) is 2.63. The molecule has 11 heteroatoms. The highest BCUT2D eigenvalue weighted by Gasteiger charge is 2.76. The van der Waals surface area contributed by atoms with Gasteiger partial charge < -0.3 is 19.6 Å². The van der Waals surface area contributed by atoms with Gasteiger partial charge in [-0.3, -0.25) is 14.4 Å². The van der Waals surface area contributed by atoms with Gasteiger partial charge in [0.15, 0.2) is 0 Å². The lowest BCUT2D eigenvalue weighted by Gasteiger charge is -2.40. The number of rotatable bonds is 13. The van der Waals surface area contributed by atoms with Gasteiger partial charge in [-0.1, -0.05) is 43.0 Å². The number of fused-ring (bicyclic) bond motifs is 2. The predicted molar refractivity (Wildman–Crippen MR) is 152 cm³/mol. The first kappa shape index (κ1) is 28.4. The van der Waals surface area contributed by atoms with Gasteiger partial charge in [-0.15, -0.1) is 23.4 Å². The lowest BCUT2D eigenvalue weighted by atomic mass is 9.66. The highest BCUT2D eigenvalue weighted by Crippen LogP contribution is 2.68. The topological polar surface area (TPSA) is 118 Å². The molecule has 1 aromatic carbocycles. The Morgan fingerprint density at radius 1 is 1.25 bits per heavy atom. The summed E-state index contributed by atoms with van der Waals surface area (Å²) in [5, 5.41) is 17.7. The van der Waals surface area contributed by atoms with E-state index >= 15 is 0 Å². The number of aliphatic hydroxyl groups excluding tert-OH is 1. The highest BCUT2D eigenvalue weighted by molar-refractivity contribution is 8.02. The SMILES string of the molecule is C=CCOC(=O)[C@@H]1[C@@H]2CC(C)C3(S2)C(C(=O)N(CC=C)Cn2nnc4ccccc42)N(CCCCCO)C(=O)[C@H]13. The van der Waals surface area contributed by atoms with E-state index in [0.29, 0.717) is 19.4 Å². The largest absolute Gasteiger partial charge is 0.461 e. The molecule has 10 nitrogen and oxygen atoms in total. The second-order valence-corrected chi connectivity index (χ2v) is 12.4. The Balaban J connectivity index is 1.51. The van der Waals surface area contributed by atoms with Crippen molar-refractivity contribution < 1.29 is 24.2 Å². The summed E-state index contributed by atoms with van der Waals surface area (Å²) in [5.41, 5.74) is 1.53. The summed E-state index contributed by atoms with van der Waals surface area (Å²) in [5.74, 6) is -1.91. The monoisotopic (exact) mass is 567 g/mol. The molecule has 2 aromatic rings. The standard InChI is InChI=1S/C29H37N5O5S/c1-4-13-32(18-34-21-12-8-7-11-20(21)30-31-34)27(37)25-29-19(3)17-22(40-29)23(28(38)39-16-5-2)24(29)26(36)33(25)14-9-6-10-15-35/h4-5,7-8,11-12,19,22-25,35H,1-2,6,9-10,13-18H2,3H3/t19?,22-,23+,24-,25?,29?/m0/s1. The summed E-state index contributed by atoms with van der Waals surface area (Å²) in [6, 6.07) is 6.82. The second-order valence-electron chi connectivity index (χ2n) is 10.9. The van der Waals surface area contributed by atoms with Crippen LogP contribution < -0.4 is 0 Å². The van der Waals surface area contributed by atoms with Crippen LogP contribution in [-0.2, 0) is 25.8 Å². The van der Waals surface area contributed by atoms with Crippen molar-refractivity contribution >= 4 is 40.6 Å². The fourth-order valence-corrected chi connectivity index (χ4v) is 9.25. The maximum Gasteiger partial charge on any atom is 0.311 e. The number of aliphatic hydroxyl groups is 1. The van der Waals surface area contributed by atoms with Crippen LogP contribution in [0.25, 0.3) is 11.0 Å². The molecule has 5 rings (SSSR count). The third-order valence-corrected chi connectivity index (χ3v) is 10.6. The van der Waals surface area contributed by atoms with Gasteiger partial charge in [0.05, 0.1) is 22.1 Å². The van der Waals surface area contributed by atoms with Gasteiger partial charge >= 0.3 is 5.97 Å². The van der Waals surface area contributed by atoms with Crippen LogP contribution in [-0.4, -0.2) is 90.0 Å². The van der Waals surface area contributed by atoms with E-state index in [1.165, 1.54) is 6.08 Å². The lowest BCUT2D eigenvalue weighted by Crippen LogP contribution is -2.57. The van der Waals surface area contributed by atoms with Gasteiger partial charge in [-0.2, -0.15) is 0 Å². The molecule has 1 N–H and O–H groups in total. The maximum absolute atomic E-state index is 14.6. The number of aromatic nitrogens is 3. The minimum absolute atomic E-state index is 0.0501. The Kier molecular flexibility index (Phi) is 8.32. The van der Waals surface area contributed by atoms with Crippen molar-refractivity contribution in [2.45, 2.75) is 55.3 Å². The molecule has 2 bridgehead atoms. The van der Waals surface area contributed by atoms with Crippen molar-refractivity contribution in [2.24, 2.45) is 17.8 Å². The minimum atomic E-state index is -0.740. The molecule has 3 aliphatic rings. The number of thioether (sulfide) groups is 1. The van der Waals surface area contributed by atoms with E-state index in [2.05, 4.69) is 30.4 Å². The Hall–Kier alpha value is -3.18. The molecular weight excluding hydrogens is 530 g/mol. The number of likely N-dealkylation sites (tertiary alicyclic amines) is 1. The first-order valence-corrected chi connectivity index (χ1v) is 14.8. The van der Waals surface area contributed by atoms with Crippen LogP contribution in [0.1, 0.15) is 32.6 Å². The molecule has 40 heavy (non-hydrogen) atoms. The first-order valence-electron chi connectivity index (χ1n) is 13.9. The zero-order valence-corrected chi connectivity index (χ0v) is 23.7. The van der Waals surface area contributed by atoms with Crippen molar-refractivity contribution in [2.75, 3.05) is 26.3 Å². The van der Waals surface area contributed by atoms with Gasteiger partial charge in [-0.25, -0.2) is 4.68 Å². The minimum Gasteiger partial charge on any atom is -0.461 e. The molecule has 3 fully saturated rings. The number of esters is 1. The normalized spacial score (nSPS) is 28.6. The van der Waals surface area contributed by atoms with Crippen molar-refractivity contribution in [3.05, 3.63) is 49.6 Å². The average Bonchev–Trinajstić information content (AvgIpc) is 3.67. The summed E-state index contributed by atoms with van der Waals surface area (Å²) in [6.07, 6.45) is 5.94. The van der Waals surface area contributed by atoms with Crippen molar-refractivity contribution in [1.82, 2.24) is 24.8 Å². The van der Waals surface area contributed by atoms with Crippen LogP contribution in [0.4, 0.5) is 0 Å². The van der Waals surface area contributed by atoms with Crippen LogP contribution in [0.3, 0.4) is 0 Å². The molecule has 4 heterocycles. The van der Waals surface area contributed by atoms with Gasteiger partial charge in [0, 0.05) is 24.9 Å². The Bertz CT molecular complexity index is 1300. The molecule has 0 saturated carbocycles. The number of hydrogen-bond acceptors (Lipinski definition) is 8. The fraction of sp³-hybridized carbons (Fsp3) is 0.552. The number of carbonyl (C=O) groups excluding carboxylic acids is 3. The van der Waals surface area contributed by atoms with Gasteiger partial charge in [0.25, 0.3) is 0 Å². The van der Waals surface area contributed by atoms with E-state index in [9.17, 15) is 19.5 Å². The van der Waals surface area contributed by atoms with E-state index in [1.807, 2.05) is 24.3 Å². The number of ether oxygens (including phenoxy) is 1. The number of amides is 2. The van der Waals surface area contributed by atoms with Crippen LogP contribution in [0.15, 0.2) is 49.6 Å². The quantitative estimate of drug-likeness (QED) is 0.223. The van der Waals surface area contributed by atoms with E-state index in [4.69, 9.17) is 4.74 Å². The van der Waals surface area contributed by atoms with Crippen LogP contribution in [0.2, 0.25) is 0 Å². The highest BCUT2D eigenvalue weighted by atomic mass is 32.2. The number of nitrogens with zero attached hydrogens (tertiary/aromatic N) is 5. The number of benzene rings is 1. The molecule has 2 amide bonds. The third-order valence-electron chi connectivity index (χ3n) is 8.54. The molecular formula is C29H37N5O5S. The molecule has 6 atom stereocenters. The van der Waals surface area contributed by atoms with Gasteiger partial charge in [-0.05, 0) is 43.7 Å². The fourth-order valence-electron chi connectivity index (χ4n) is 6.85. The number of hydrogen-bond donors (Lipinski definition) is 1.